The normalized spacial score (nSPS) is 18.6. The Hall–Kier alpha value is -1.06. The molecular formula is C12H17NO2. The van der Waals surface area contributed by atoms with Crippen LogP contribution in [0.3, 0.4) is 0 Å². The first kappa shape index (κ1) is 10.5. The van der Waals surface area contributed by atoms with Gasteiger partial charge in [-0.25, -0.2) is 0 Å². The Morgan fingerprint density at radius 2 is 2.47 bits per heavy atom. The van der Waals surface area contributed by atoms with Gasteiger partial charge in [0.05, 0.1) is 25.7 Å². The summed E-state index contributed by atoms with van der Waals surface area (Å²) in [7, 11) is 0. The van der Waals surface area contributed by atoms with Crippen molar-refractivity contribution in [3.8, 4) is 0 Å². The second kappa shape index (κ2) is 5.14. The smallest absolute Gasteiger partial charge is 0.0950 e. The minimum atomic E-state index is 0.326. The van der Waals surface area contributed by atoms with Gasteiger partial charge in [-0.05, 0) is 25.0 Å². The van der Waals surface area contributed by atoms with Gasteiger partial charge in [-0.3, -0.25) is 0 Å². The summed E-state index contributed by atoms with van der Waals surface area (Å²) in [5.74, 6) is 0. The van der Waals surface area contributed by atoms with Gasteiger partial charge < -0.3 is 14.5 Å². The maximum atomic E-state index is 5.38. The topological polar surface area (TPSA) is 34.4 Å². The standard InChI is InChI=1S/C12H17NO2/c1-10(12-4-6-15-9-12)13-7-11-3-2-5-14-8-11/h3-4,6,9-10,13H,2,5,7-8H2,1H3. The summed E-state index contributed by atoms with van der Waals surface area (Å²) in [6.45, 7) is 4.66. The molecule has 2 heterocycles. The minimum Gasteiger partial charge on any atom is -0.472 e. The Bertz CT molecular complexity index is 316. The van der Waals surface area contributed by atoms with E-state index in [1.807, 2.05) is 6.07 Å². The monoisotopic (exact) mass is 207 g/mol. The van der Waals surface area contributed by atoms with Crippen molar-refractivity contribution in [2.75, 3.05) is 19.8 Å². The predicted molar refractivity (Wildman–Crippen MR) is 58.6 cm³/mol. The van der Waals surface area contributed by atoms with Gasteiger partial charge in [0.25, 0.3) is 0 Å². The average Bonchev–Trinajstić information content (AvgIpc) is 2.81. The van der Waals surface area contributed by atoms with E-state index in [0.717, 1.165) is 26.2 Å². The van der Waals surface area contributed by atoms with Gasteiger partial charge >= 0.3 is 0 Å². The van der Waals surface area contributed by atoms with E-state index in [2.05, 4.69) is 18.3 Å². The number of furan rings is 1. The van der Waals surface area contributed by atoms with Crippen LogP contribution in [0.1, 0.15) is 24.9 Å². The minimum absolute atomic E-state index is 0.326. The first-order valence-electron chi connectivity index (χ1n) is 5.37. The number of nitrogens with one attached hydrogen (secondary N) is 1. The van der Waals surface area contributed by atoms with Crippen LogP contribution < -0.4 is 5.32 Å². The Kier molecular flexibility index (Phi) is 3.59. The Morgan fingerprint density at radius 1 is 1.53 bits per heavy atom. The SMILES string of the molecule is CC(NCC1=CCCOC1)c1ccoc1. The molecule has 0 aromatic carbocycles. The zero-order valence-electron chi connectivity index (χ0n) is 9.03. The first-order chi connectivity index (χ1) is 7.36. The van der Waals surface area contributed by atoms with E-state index in [0.29, 0.717) is 6.04 Å². The second-order valence-electron chi connectivity index (χ2n) is 3.86. The second-order valence-corrected chi connectivity index (χ2v) is 3.86. The largest absolute Gasteiger partial charge is 0.472 e. The summed E-state index contributed by atoms with van der Waals surface area (Å²) in [6.07, 6.45) is 6.79. The van der Waals surface area contributed by atoms with Crippen LogP contribution in [0.4, 0.5) is 0 Å². The van der Waals surface area contributed by atoms with Gasteiger partial charge in [-0.2, -0.15) is 0 Å². The van der Waals surface area contributed by atoms with Crippen molar-refractivity contribution in [2.24, 2.45) is 0 Å². The molecule has 0 spiro atoms. The van der Waals surface area contributed by atoms with Crippen LogP contribution in [-0.4, -0.2) is 19.8 Å². The molecule has 82 valence electrons. The molecule has 1 atom stereocenters. The maximum Gasteiger partial charge on any atom is 0.0950 e. The Labute approximate surface area is 90.1 Å². The highest BCUT2D eigenvalue weighted by Crippen LogP contribution is 2.13. The molecule has 15 heavy (non-hydrogen) atoms. The quantitative estimate of drug-likeness (QED) is 0.769. The molecule has 2 rings (SSSR count). The van der Waals surface area contributed by atoms with Crippen molar-refractivity contribution < 1.29 is 9.15 Å². The van der Waals surface area contributed by atoms with Crippen molar-refractivity contribution in [1.82, 2.24) is 5.32 Å². The van der Waals surface area contributed by atoms with Crippen molar-refractivity contribution in [3.05, 3.63) is 35.8 Å². The summed E-state index contributed by atoms with van der Waals surface area (Å²) in [4.78, 5) is 0. The van der Waals surface area contributed by atoms with E-state index in [1.54, 1.807) is 12.5 Å². The zero-order valence-corrected chi connectivity index (χ0v) is 9.03. The summed E-state index contributed by atoms with van der Waals surface area (Å²) in [5.41, 5.74) is 2.53. The molecule has 1 aliphatic rings. The van der Waals surface area contributed by atoms with Crippen molar-refractivity contribution in [2.45, 2.75) is 19.4 Å². The number of hydrogen-bond acceptors (Lipinski definition) is 3. The third-order valence-electron chi connectivity index (χ3n) is 2.66. The number of rotatable bonds is 4. The lowest BCUT2D eigenvalue weighted by molar-refractivity contribution is 0.148. The van der Waals surface area contributed by atoms with E-state index >= 15 is 0 Å². The first-order valence-corrected chi connectivity index (χ1v) is 5.37. The fourth-order valence-electron chi connectivity index (χ4n) is 1.66. The van der Waals surface area contributed by atoms with Crippen LogP contribution in [0, 0.1) is 0 Å². The molecule has 0 bridgehead atoms. The molecular weight excluding hydrogens is 190 g/mol. The van der Waals surface area contributed by atoms with Crippen LogP contribution in [0.25, 0.3) is 0 Å². The highest BCUT2D eigenvalue weighted by molar-refractivity contribution is 5.12. The van der Waals surface area contributed by atoms with Gasteiger partial charge in [0.2, 0.25) is 0 Å². The third-order valence-corrected chi connectivity index (χ3v) is 2.66. The van der Waals surface area contributed by atoms with Gasteiger partial charge in [0.1, 0.15) is 0 Å². The van der Waals surface area contributed by atoms with Crippen molar-refractivity contribution in [3.63, 3.8) is 0 Å². The van der Waals surface area contributed by atoms with Crippen LogP contribution >= 0.6 is 0 Å². The Morgan fingerprint density at radius 3 is 3.13 bits per heavy atom. The molecule has 1 unspecified atom stereocenters. The van der Waals surface area contributed by atoms with Gasteiger partial charge in [0.15, 0.2) is 0 Å². The molecule has 0 fully saturated rings. The molecule has 0 aliphatic carbocycles. The molecule has 1 aliphatic heterocycles. The van der Waals surface area contributed by atoms with Crippen LogP contribution in [0.15, 0.2) is 34.7 Å². The Balaban J connectivity index is 1.80. The molecule has 0 amide bonds. The fourth-order valence-corrected chi connectivity index (χ4v) is 1.66. The average molecular weight is 207 g/mol. The van der Waals surface area contributed by atoms with Gasteiger partial charge in [0, 0.05) is 18.2 Å². The molecule has 3 heteroatoms. The lowest BCUT2D eigenvalue weighted by Gasteiger charge is -2.17. The highest BCUT2D eigenvalue weighted by atomic mass is 16.5. The van der Waals surface area contributed by atoms with Gasteiger partial charge in [-0.15, -0.1) is 0 Å². The van der Waals surface area contributed by atoms with Crippen molar-refractivity contribution in [1.29, 1.82) is 0 Å². The predicted octanol–water partition coefficient (Wildman–Crippen LogP) is 2.28. The summed E-state index contributed by atoms with van der Waals surface area (Å²) in [6, 6.07) is 2.32. The molecule has 1 N–H and O–H groups in total. The van der Waals surface area contributed by atoms with Gasteiger partial charge in [-0.1, -0.05) is 6.08 Å². The summed E-state index contributed by atoms with van der Waals surface area (Å²) in [5, 5.41) is 3.45. The molecule has 0 radical (unpaired) electrons. The molecule has 0 saturated heterocycles. The zero-order chi connectivity index (χ0) is 10.5. The van der Waals surface area contributed by atoms with Crippen molar-refractivity contribution >= 4 is 0 Å². The van der Waals surface area contributed by atoms with Crippen LogP contribution in [0.2, 0.25) is 0 Å². The molecule has 0 saturated carbocycles. The molecule has 1 aromatic heterocycles. The van der Waals surface area contributed by atoms with E-state index in [4.69, 9.17) is 9.15 Å². The van der Waals surface area contributed by atoms with Crippen LogP contribution in [0.5, 0.6) is 0 Å². The summed E-state index contributed by atoms with van der Waals surface area (Å²) >= 11 is 0. The molecule has 3 nitrogen and oxygen atoms in total. The van der Waals surface area contributed by atoms with E-state index in [1.165, 1.54) is 11.1 Å². The highest BCUT2D eigenvalue weighted by Gasteiger charge is 2.08. The maximum absolute atomic E-state index is 5.38. The van der Waals surface area contributed by atoms with E-state index in [-0.39, 0.29) is 0 Å². The third kappa shape index (κ3) is 2.94. The lowest BCUT2D eigenvalue weighted by Crippen LogP contribution is -2.24. The number of ether oxygens (including phenoxy) is 1. The number of hydrogen-bond donors (Lipinski definition) is 1. The fraction of sp³-hybridized carbons (Fsp3) is 0.500. The van der Waals surface area contributed by atoms with E-state index in [9.17, 15) is 0 Å². The molecule has 1 aromatic rings. The van der Waals surface area contributed by atoms with Crippen LogP contribution in [-0.2, 0) is 4.74 Å². The lowest BCUT2D eigenvalue weighted by atomic mass is 10.1. The summed E-state index contributed by atoms with van der Waals surface area (Å²) < 4.78 is 10.4. The van der Waals surface area contributed by atoms with E-state index < -0.39 is 0 Å².